The van der Waals surface area contributed by atoms with Crippen molar-refractivity contribution in [2.24, 2.45) is 0 Å². The summed E-state index contributed by atoms with van der Waals surface area (Å²) in [5.74, 6) is -0.880. The minimum atomic E-state index is -0.880. The number of hydrogen-bond acceptors (Lipinski definition) is 1. The Bertz CT molecular complexity index is 226. The first-order chi connectivity index (χ1) is 5.11. The molecule has 0 atom stereocenters. The van der Waals surface area contributed by atoms with Crippen LogP contribution in [0.4, 0.5) is 0 Å². The van der Waals surface area contributed by atoms with Crippen LogP contribution in [0.15, 0.2) is 17.2 Å². The van der Waals surface area contributed by atoms with Gasteiger partial charge in [0.2, 0.25) is 0 Å². The number of carboxylic acid groups (broad SMARTS) is 1. The molecule has 0 heterocycles. The minimum absolute atomic E-state index is 0.340. The van der Waals surface area contributed by atoms with Gasteiger partial charge in [-0.2, -0.15) is 0 Å². The predicted molar refractivity (Wildman–Crippen MR) is 39.9 cm³/mol. The first-order valence-electron chi connectivity index (χ1n) is 3.03. The normalized spacial score (nSPS) is 12.9. The number of rotatable bonds is 3. The quantitative estimate of drug-likeness (QED) is 0.480. The summed E-state index contributed by atoms with van der Waals surface area (Å²) in [5, 5.41) is 8.59. The third-order valence-electron chi connectivity index (χ3n) is 1.14. The van der Waals surface area contributed by atoms with Crippen molar-refractivity contribution >= 4 is 10.4 Å². The van der Waals surface area contributed by atoms with Gasteiger partial charge in [0.05, 0.1) is 0 Å². The maximum atomic E-state index is 10.5. The molecule has 0 fully saturated rings. The molecule has 0 bridgehead atoms. The molecule has 11 heavy (non-hydrogen) atoms. The molecule has 0 radical (unpaired) electrons. The van der Waals surface area contributed by atoms with E-state index in [0.29, 0.717) is 5.57 Å². The SMILES string of the molecule is C[C-]=C(C)/C=C(\[CH]=[W])C(=O)O. The van der Waals surface area contributed by atoms with Gasteiger partial charge in [0.15, 0.2) is 0 Å². The molecule has 0 aromatic rings. The molecule has 0 aliphatic rings. The van der Waals surface area contributed by atoms with Crippen molar-refractivity contribution in [1.29, 1.82) is 0 Å². The monoisotopic (exact) mass is 321 g/mol. The molecule has 1 N–H and O–H groups in total. The van der Waals surface area contributed by atoms with Gasteiger partial charge in [-0.25, -0.2) is 0 Å². The Morgan fingerprint density at radius 3 is 2.45 bits per heavy atom. The molecule has 0 amide bonds. The summed E-state index contributed by atoms with van der Waals surface area (Å²) in [4.78, 5) is 10.5. The average Bonchev–Trinajstić information content (AvgIpc) is 1.99. The summed E-state index contributed by atoms with van der Waals surface area (Å²) >= 11 is 1.14. The van der Waals surface area contributed by atoms with E-state index in [1.165, 1.54) is 0 Å². The first-order valence-corrected chi connectivity index (χ1v) is 4.72. The van der Waals surface area contributed by atoms with Crippen LogP contribution in [0.5, 0.6) is 0 Å². The van der Waals surface area contributed by atoms with Gasteiger partial charge >= 0.3 is 76.8 Å². The Hall–Kier alpha value is -0.492. The van der Waals surface area contributed by atoms with Crippen molar-refractivity contribution in [2.75, 3.05) is 0 Å². The Labute approximate surface area is 77.0 Å². The van der Waals surface area contributed by atoms with E-state index in [4.69, 9.17) is 5.11 Å². The van der Waals surface area contributed by atoms with Crippen LogP contribution in [0, 0.1) is 6.08 Å². The van der Waals surface area contributed by atoms with Crippen LogP contribution in [0.2, 0.25) is 0 Å². The van der Waals surface area contributed by atoms with Crippen LogP contribution in [-0.2, 0) is 24.1 Å². The van der Waals surface area contributed by atoms with Crippen LogP contribution in [0.25, 0.3) is 0 Å². The second kappa shape index (κ2) is 5.20. The molecule has 0 saturated heterocycles. The molecule has 0 aliphatic heterocycles. The number of carboxylic acids is 1. The molecule has 0 aliphatic carbocycles. The number of aliphatic carboxylic acids is 1. The summed E-state index contributed by atoms with van der Waals surface area (Å²) in [6.45, 7) is 3.58. The molecule has 0 unspecified atom stereocenters. The Morgan fingerprint density at radius 1 is 1.64 bits per heavy atom. The fraction of sp³-hybridized carbons (Fsp3) is 0.250. The van der Waals surface area contributed by atoms with E-state index in [0.717, 1.165) is 24.9 Å². The summed E-state index contributed by atoms with van der Waals surface area (Å²) in [5.41, 5.74) is 1.19. The van der Waals surface area contributed by atoms with Gasteiger partial charge in [0.1, 0.15) is 0 Å². The van der Waals surface area contributed by atoms with Crippen LogP contribution in [0.3, 0.4) is 0 Å². The first kappa shape index (κ1) is 10.5. The van der Waals surface area contributed by atoms with E-state index in [1.54, 1.807) is 17.4 Å². The molecule has 0 spiro atoms. The zero-order chi connectivity index (χ0) is 8.85. The molecular formula is C8H9O2W-. The van der Waals surface area contributed by atoms with Crippen molar-refractivity contribution < 1.29 is 29.3 Å². The molecular weight excluding hydrogens is 312 g/mol. The van der Waals surface area contributed by atoms with Gasteiger partial charge < -0.3 is 0 Å². The predicted octanol–water partition coefficient (Wildman–Crippen LogP) is 1.12. The third kappa shape index (κ3) is 4.05. The Kier molecular flexibility index (Phi) is 4.96. The van der Waals surface area contributed by atoms with E-state index < -0.39 is 5.97 Å². The van der Waals surface area contributed by atoms with Gasteiger partial charge in [-0.1, -0.05) is 0 Å². The molecule has 3 heteroatoms. The van der Waals surface area contributed by atoms with Crippen molar-refractivity contribution in [1.82, 2.24) is 0 Å². The van der Waals surface area contributed by atoms with E-state index in [-0.39, 0.29) is 0 Å². The number of allylic oxidation sites excluding steroid dienone is 3. The van der Waals surface area contributed by atoms with Gasteiger partial charge in [-0.05, 0) is 0 Å². The zero-order valence-electron chi connectivity index (χ0n) is 6.42. The van der Waals surface area contributed by atoms with Gasteiger partial charge in [0, 0.05) is 0 Å². The molecule has 60 valence electrons. The van der Waals surface area contributed by atoms with E-state index in [2.05, 4.69) is 6.08 Å². The summed E-state index contributed by atoms with van der Waals surface area (Å²) in [7, 11) is 0. The summed E-state index contributed by atoms with van der Waals surface area (Å²) in [6.07, 6.45) is 4.46. The van der Waals surface area contributed by atoms with E-state index in [1.807, 2.05) is 6.92 Å². The summed E-state index contributed by atoms with van der Waals surface area (Å²) in [6, 6.07) is 0. The van der Waals surface area contributed by atoms with E-state index >= 15 is 0 Å². The molecule has 0 rings (SSSR count). The molecule has 2 nitrogen and oxygen atoms in total. The van der Waals surface area contributed by atoms with Crippen LogP contribution in [-0.4, -0.2) is 15.5 Å². The number of hydrogen-bond donors (Lipinski definition) is 1. The average molecular weight is 321 g/mol. The van der Waals surface area contributed by atoms with Crippen molar-refractivity contribution in [3.05, 3.63) is 23.3 Å². The van der Waals surface area contributed by atoms with Crippen LogP contribution in [0.1, 0.15) is 13.8 Å². The number of carbonyl (C=O) groups is 1. The van der Waals surface area contributed by atoms with E-state index in [9.17, 15) is 4.79 Å². The third-order valence-corrected chi connectivity index (χ3v) is 2.05. The maximum absolute atomic E-state index is 10.5. The molecule has 0 saturated carbocycles. The van der Waals surface area contributed by atoms with Crippen molar-refractivity contribution in [3.8, 4) is 0 Å². The van der Waals surface area contributed by atoms with Crippen molar-refractivity contribution in [3.63, 3.8) is 0 Å². The standard InChI is InChI=1S/C8H9O2.W/c1-4-6(2)5-7(3)8(9)10;/h3,5H,1-2H3,(H,9,10);/q-1;/b7-5+;. The Balaban J connectivity index is 4.62. The van der Waals surface area contributed by atoms with Crippen LogP contribution < -0.4 is 0 Å². The second-order valence-corrected chi connectivity index (χ2v) is 2.80. The van der Waals surface area contributed by atoms with Crippen LogP contribution >= 0.6 is 0 Å². The summed E-state index contributed by atoms with van der Waals surface area (Å²) < 4.78 is 1.64. The van der Waals surface area contributed by atoms with Crippen molar-refractivity contribution in [2.45, 2.75) is 13.8 Å². The Morgan fingerprint density at radius 2 is 2.18 bits per heavy atom. The topological polar surface area (TPSA) is 37.3 Å². The fourth-order valence-corrected chi connectivity index (χ4v) is 1.06. The van der Waals surface area contributed by atoms with Gasteiger partial charge in [-0.3, -0.25) is 0 Å². The molecule has 0 aromatic carbocycles. The van der Waals surface area contributed by atoms with Gasteiger partial charge in [-0.15, -0.1) is 0 Å². The molecule has 0 aromatic heterocycles. The van der Waals surface area contributed by atoms with Gasteiger partial charge in [0.25, 0.3) is 0 Å². The fourth-order valence-electron chi connectivity index (χ4n) is 0.452. The second-order valence-electron chi connectivity index (χ2n) is 1.96. The zero-order valence-corrected chi connectivity index (χ0v) is 9.35.